The number of nitrogens with zero attached hydrogens (tertiary/aromatic N) is 3. The van der Waals surface area contributed by atoms with Gasteiger partial charge < -0.3 is 10.1 Å². The Hall–Kier alpha value is -3.72. The maximum Gasteiger partial charge on any atom is 0.255 e. The van der Waals surface area contributed by atoms with Crippen molar-refractivity contribution in [1.29, 1.82) is 0 Å². The molecule has 0 aliphatic rings. The minimum Gasteiger partial charge on any atom is -0.452 e. The van der Waals surface area contributed by atoms with Crippen LogP contribution < -0.4 is 10.1 Å². The average molecular weight is 316 g/mol. The first-order chi connectivity index (χ1) is 11.7. The molecule has 0 fully saturated rings. The summed E-state index contributed by atoms with van der Waals surface area (Å²) in [4.78, 5) is 24.1. The normalized spacial score (nSPS) is 9.79. The van der Waals surface area contributed by atoms with Gasteiger partial charge in [0.15, 0.2) is 5.75 Å². The van der Waals surface area contributed by atoms with Gasteiger partial charge >= 0.3 is 0 Å². The summed E-state index contributed by atoms with van der Waals surface area (Å²) in [6, 6.07) is 8.48. The third-order valence-corrected chi connectivity index (χ3v) is 3.04. The number of pyridine rings is 1. The molecule has 0 atom stereocenters. The summed E-state index contributed by atoms with van der Waals surface area (Å²) in [7, 11) is 0. The highest BCUT2D eigenvalue weighted by molar-refractivity contribution is 6.04. The second-order valence-electron chi connectivity index (χ2n) is 4.76. The Kier molecular flexibility index (Phi) is 4.45. The largest absolute Gasteiger partial charge is 0.452 e. The van der Waals surface area contributed by atoms with Crippen LogP contribution in [0.25, 0.3) is 0 Å². The Labute approximate surface area is 138 Å². The fraction of sp³-hybridized carbons (Fsp3) is 0. The first-order valence-electron chi connectivity index (χ1n) is 7.00. The molecule has 0 saturated carbocycles. The lowest BCUT2D eigenvalue weighted by atomic mass is 10.1. The Morgan fingerprint density at radius 3 is 2.62 bits per heavy atom. The van der Waals surface area contributed by atoms with Crippen molar-refractivity contribution in [2.75, 3.05) is 5.32 Å². The molecule has 0 radical (unpaired) electrons. The van der Waals surface area contributed by atoms with E-state index in [9.17, 15) is 4.79 Å². The average Bonchev–Trinajstić information content (AvgIpc) is 2.63. The van der Waals surface area contributed by atoms with Crippen molar-refractivity contribution in [2.45, 2.75) is 0 Å². The van der Waals surface area contributed by atoms with E-state index in [1.165, 1.54) is 31.1 Å². The first kappa shape index (κ1) is 15.2. The molecule has 0 aliphatic heterocycles. The molecule has 3 aromatic rings. The summed E-state index contributed by atoms with van der Waals surface area (Å²) < 4.78 is 5.58. The number of ether oxygens (including phenoxy) is 1. The highest BCUT2D eigenvalue weighted by Crippen LogP contribution is 2.22. The maximum atomic E-state index is 12.3. The smallest absolute Gasteiger partial charge is 0.255 e. The molecular formula is C18H12N4O2. The van der Waals surface area contributed by atoms with Crippen LogP contribution in [0.1, 0.15) is 15.9 Å². The summed E-state index contributed by atoms with van der Waals surface area (Å²) in [6.45, 7) is 0. The van der Waals surface area contributed by atoms with Crippen LogP contribution in [0.5, 0.6) is 11.5 Å². The summed E-state index contributed by atoms with van der Waals surface area (Å²) >= 11 is 0. The van der Waals surface area contributed by atoms with Crippen molar-refractivity contribution in [1.82, 2.24) is 15.0 Å². The SMILES string of the molecule is C#Cc1cccc(C(=O)Nc2cncc(Oc3cncnc3)c2)c1. The van der Waals surface area contributed by atoms with Crippen LogP contribution in [0, 0.1) is 12.3 Å². The number of nitrogens with one attached hydrogen (secondary N) is 1. The topological polar surface area (TPSA) is 77.0 Å². The number of anilines is 1. The van der Waals surface area contributed by atoms with Crippen molar-refractivity contribution in [3.8, 4) is 23.8 Å². The minimum absolute atomic E-state index is 0.283. The van der Waals surface area contributed by atoms with Crippen LogP contribution in [0.3, 0.4) is 0 Å². The zero-order chi connectivity index (χ0) is 16.8. The van der Waals surface area contributed by atoms with Crippen LogP contribution in [-0.2, 0) is 0 Å². The van der Waals surface area contributed by atoms with Gasteiger partial charge in [-0.15, -0.1) is 6.42 Å². The third kappa shape index (κ3) is 3.72. The van der Waals surface area contributed by atoms with Crippen molar-refractivity contribution in [3.05, 3.63) is 72.6 Å². The molecule has 24 heavy (non-hydrogen) atoms. The lowest BCUT2D eigenvalue weighted by Crippen LogP contribution is -2.12. The van der Waals surface area contributed by atoms with Crippen molar-refractivity contribution in [3.63, 3.8) is 0 Å². The maximum absolute atomic E-state index is 12.3. The number of benzene rings is 1. The Bertz CT molecular complexity index is 904. The molecule has 0 aliphatic carbocycles. The number of hydrogen-bond acceptors (Lipinski definition) is 5. The van der Waals surface area contributed by atoms with E-state index in [-0.39, 0.29) is 5.91 Å². The van der Waals surface area contributed by atoms with E-state index in [0.717, 1.165) is 0 Å². The van der Waals surface area contributed by atoms with E-state index < -0.39 is 0 Å². The summed E-state index contributed by atoms with van der Waals surface area (Å²) in [6.07, 6.45) is 12.9. The van der Waals surface area contributed by atoms with Crippen LogP contribution in [-0.4, -0.2) is 20.9 Å². The fourth-order valence-corrected chi connectivity index (χ4v) is 1.97. The molecule has 6 nitrogen and oxygen atoms in total. The quantitative estimate of drug-likeness (QED) is 0.749. The molecule has 1 amide bonds. The van der Waals surface area contributed by atoms with Gasteiger partial charge in [0, 0.05) is 17.2 Å². The van der Waals surface area contributed by atoms with Crippen molar-refractivity contribution in [2.24, 2.45) is 0 Å². The lowest BCUT2D eigenvalue weighted by molar-refractivity contribution is 0.102. The molecular weight excluding hydrogens is 304 g/mol. The minimum atomic E-state index is -0.283. The second-order valence-corrected chi connectivity index (χ2v) is 4.76. The molecule has 0 unspecified atom stereocenters. The molecule has 0 saturated heterocycles. The number of terminal acetylenes is 1. The van der Waals surface area contributed by atoms with Gasteiger partial charge in [0.05, 0.1) is 30.5 Å². The highest BCUT2D eigenvalue weighted by atomic mass is 16.5. The lowest BCUT2D eigenvalue weighted by Gasteiger charge is -2.08. The number of rotatable bonds is 4. The standard InChI is InChI=1S/C18H12N4O2/c1-2-13-4-3-5-14(6-13)18(23)22-15-7-16(9-19-8-15)24-17-10-20-12-21-11-17/h1,3-12H,(H,22,23). The predicted molar refractivity (Wildman–Crippen MR) is 88.7 cm³/mol. The molecule has 0 spiro atoms. The number of carbonyl (C=O) groups excluding carboxylic acids is 1. The van der Waals surface area contributed by atoms with E-state index in [0.29, 0.717) is 28.3 Å². The van der Waals surface area contributed by atoms with Gasteiger partial charge in [0.1, 0.15) is 12.1 Å². The molecule has 2 heterocycles. The monoisotopic (exact) mass is 316 g/mol. The second kappa shape index (κ2) is 7.03. The third-order valence-electron chi connectivity index (χ3n) is 3.04. The molecule has 0 bridgehead atoms. The number of carbonyl (C=O) groups is 1. The molecule has 2 aromatic heterocycles. The molecule has 1 aromatic carbocycles. The first-order valence-corrected chi connectivity index (χ1v) is 7.00. The molecule has 3 rings (SSSR count). The Balaban J connectivity index is 1.74. The van der Waals surface area contributed by atoms with Gasteiger partial charge in [0.25, 0.3) is 5.91 Å². The van der Waals surface area contributed by atoms with Crippen LogP contribution in [0.4, 0.5) is 5.69 Å². The van der Waals surface area contributed by atoms with Gasteiger partial charge in [-0.1, -0.05) is 12.0 Å². The van der Waals surface area contributed by atoms with Gasteiger partial charge in [-0.2, -0.15) is 0 Å². The van der Waals surface area contributed by atoms with Crippen molar-refractivity contribution < 1.29 is 9.53 Å². The summed E-state index contributed by atoms with van der Waals surface area (Å²) in [5, 5.41) is 2.75. The van der Waals surface area contributed by atoms with Gasteiger partial charge in [0.2, 0.25) is 0 Å². The zero-order valence-electron chi connectivity index (χ0n) is 12.5. The van der Waals surface area contributed by atoms with Crippen LogP contribution in [0.2, 0.25) is 0 Å². The van der Waals surface area contributed by atoms with Crippen LogP contribution >= 0.6 is 0 Å². The van der Waals surface area contributed by atoms with Gasteiger partial charge in [-0.25, -0.2) is 9.97 Å². The van der Waals surface area contributed by atoms with Gasteiger partial charge in [-0.3, -0.25) is 9.78 Å². The highest BCUT2D eigenvalue weighted by Gasteiger charge is 2.08. The molecule has 6 heteroatoms. The Morgan fingerprint density at radius 1 is 1.04 bits per heavy atom. The fourth-order valence-electron chi connectivity index (χ4n) is 1.97. The van der Waals surface area contributed by atoms with E-state index in [1.54, 1.807) is 30.3 Å². The van der Waals surface area contributed by atoms with Crippen molar-refractivity contribution >= 4 is 11.6 Å². The van der Waals surface area contributed by atoms with Gasteiger partial charge in [-0.05, 0) is 18.2 Å². The predicted octanol–water partition coefficient (Wildman–Crippen LogP) is 2.90. The number of aromatic nitrogens is 3. The van der Waals surface area contributed by atoms with E-state index in [1.807, 2.05) is 0 Å². The zero-order valence-corrected chi connectivity index (χ0v) is 12.5. The van der Waals surface area contributed by atoms with E-state index in [2.05, 4.69) is 26.2 Å². The number of amides is 1. The molecule has 116 valence electrons. The summed E-state index contributed by atoms with van der Waals surface area (Å²) in [5.41, 5.74) is 1.61. The van der Waals surface area contributed by atoms with E-state index in [4.69, 9.17) is 11.2 Å². The Morgan fingerprint density at radius 2 is 1.83 bits per heavy atom. The molecule has 1 N–H and O–H groups in total. The number of hydrogen-bond donors (Lipinski definition) is 1. The van der Waals surface area contributed by atoms with E-state index >= 15 is 0 Å². The van der Waals surface area contributed by atoms with Crippen LogP contribution in [0.15, 0.2) is 61.4 Å². The summed E-state index contributed by atoms with van der Waals surface area (Å²) in [5.74, 6) is 3.15.